The van der Waals surface area contributed by atoms with Gasteiger partial charge in [0.05, 0.1) is 0 Å². The molecular formula is C18H21F2N. The minimum Gasteiger partial charge on any atom is -0.316 e. The Labute approximate surface area is 125 Å². The number of likely N-dealkylation sites (N-methyl/N-ethyl adjacent to an activating group) is 1. The Morgan fingerprint density at radius 1 is 1.10 bits per heavy atom. The highest BCUT2D eigenvalue weighted by atomic mass is 19.1. The lowest BCUT2D eigenvalue weighted by molar-refractivity contribution is 0.542. The van der Waals surface area contributed by atoms with Gasteiger partial charge in [0.15, 0.2) is 0 Å². The lowest BCUT2D eigenvalue weighted by Gasteiger charge is -2.20. The summed E-state index contributed by atoms with van der Waals surface area (Å²) in [5.41, 5.74) is 2.65. The Bertz CT molecular complexity index is 596. The van der Waals surface area contributed by atoms with Crippen LogP contribution in [-0.2, 0) is 6.42 Å². The van der Waals surface area contributed by atoms with Crippen molar-refractivity contribution in [3.8, 4) is 0 Å². The van der Waals surface area contributed by atoms with Gasteiger partial charge >= 0.3 is 0 Å². The summed E-state index contributed by atoms with van der Waals surface area (Å²) < 4.78 is 27.5. The molecule has 0 bridgehead atoms. The van der Waals surface area contributed by atoms with Gasteiger partial charge in [0.25, 0.3) is 0 Å². The van der Waals surface area contributed by atoms with Crippen LogP contribution in [0.4, 0.5) is 8.78 Å². The van der Waals surface area contributed by atoms with Crippen LogP contribution in [-0.4, -0.2) is 13.1 Å². The normalized spacial score (nSPS) is 12.4. The van der Waals surface area contributed by atoms with Crippen LogP contribution in [0.5, 0.6) is 0 Å². The first kappa shape index (κ1) is 15.6. The molecule has 2 aromatic carbocycles. The highest BCUT2D eigenvalue weighted by Gasteiger charge is 2.17. The van der Waals surface area contributed by atoms with Crippen molar-refractivity contribution >= 4 is 0 Å². The fourth-order valence-electron chi connectivity index (χ4n) is 2.54. The van der Waals surface area contributed by atoms with Gasteiger partial charge in [0.1, 0.15) is 11.6 Å². The van der Waals surface area contributed by atoms with Crippen molar-refractivity contribution in [2.75, 3.05) is 13.1 Å². The standard InChI is InChI=1S/C18H21F2N/c1-3-21-12-15(17-6-4-5-7-18(17)20)10-14-11-16(19)9-8-13(14)2/h4-9,11,15,21H,3,10,12H2,1-2H3. The topological polar surface area (TPSA) is 12.0 Å². The molecule has 0 saturated heterocycles. The molecule has 0 aromatic heterocycles. The number of aryl methyl sites for hydroxylation is 1. The van der Waals surface area contributed by atoms with Gasteiger partial charge in [0.2, 0.25) is 0 Å². The van der Waals surface area contributed by atoms with E-state index in [2.05, 4.69) is 5.32 Å². The van der Waals surface area contributed by atoms with E-state index in [0.717, 1.165) is 17.7 Å². The van der Waals surface area contributed by atoms with Gasteiger partial charge in [-0.3, -0.25) is 0 Å². The average molecular weight is 289 g/mol. The Hall–Kier alpha value is -1.74. The lowest BCUT2D eigenvalue weighted by atomic mass is 9.89. The van der Waals surface area contributed by atoms with Crippen LogP contribution in [0.1, 0.15) is 29.5 Å². The molecule has 1 unspecified atom stereocenters. The van der Waals surface area contributed by atoms with Crippen molar-refractivity contribution in [2.24, 2.45) is 0 Å². The first-order chi connectivity index (χ1) is 10.1. The molecule has 1 N–H and O–H groups in total. The minimum atomic E-state index is -0.244. The predicted octanol–water partition coefficient (Wildman–Crippen LogP) is 4.21. The highest BCUT2D eigenvalue weighted by Crippen LogP contribution is 2.25. The Kier molecular flexibility index (Phi) is 5.45. The Morgan fingerprint density at radius 3 is 2.57 bits per heavy atom. The second-order valence-corrected chi connectivity index (χ2v) is 5.30. The fourth-order valence-corrected chi connectivity index (χ4v) is 2.54. The zero-order chi connectivity index (χ0) is 15.2. The Balaban J connectivity index is 2.28. The van der Waals surface area contributed by atoms with Crippen molar-refractivity contribution in [1.29, 1.82) is 0 Å². The van der Waals surface area contributed by atoms with E-state index in [1.807, 2.05) is 26.0 Å². The zero-order valence-electron chi connectivity index (χ0n) is 12.5. The van der Waals surface area contributed by atoms with E-state index in [1.54, 1.807) is 18.2 Å². The zero-order valence-corrected chi connectivity index (χ0v) is 12.5. The predicted molar refractivity (Wildman–Crippen MR) is 82.5 cm³/mol. The maximum Gasteiger partial charge on any atom is 0.126 e. The summed E-state index contributed by atoms with van der Waals surface area (Å²) in [5, 5.41) is 3.27. The molecule has 2 rings (SSSR count). The number of benzene rings is 2. The van der Waals surface area contributed by atoms with E-state index >= 15 is 0 Å². The number of rotatable bonds is 6. The molecule has 0 aliphatic rings. The second-order valence-electron chi connectivity index (χ2n) is 5.30. The van der Waals surface area contributed by atoms with Gasteiger partial charge in [0, 0.05) is 12.5 Å². The number of hydrogen-bond acceptors (Lipinski definition) is 1. The second kappa shape index (κ2) is 7.32. The van der Waals surface area contributed by atoms with E-state index in [4.69, 9.17) is 0 Å². The van der Waals surface area contributed by atoms with Crippen molar-refractivity contribution < 1.29 is 8.78 Å². The molecule has 21 heavy (non-hydrogen) atoms. The number of hydrogen-bond donors (Lipinski definition) is 1. The summed E-state index contributed by atoms with van der Waals surface area (Å²) in [7, 11) is 0. The molecule has 0 radical (unpaired) electrons. The first-order valence-electron chi connectivity index (χ1n) is 7.32. The van der Waals surface area contributed by atoms with Crippen molar-refractivity contribution in [3.63, 3.8) is 0 Å². The summed E-state index contributed by atoms with van der Waals surface area (Å²) in [5.74, 6) is -0.451. The molecule has 0 amide bonds. The molecule has 0 spiro atoms. The molecule has 2 aromatic rings. The first-order valence-corrected chi connectivity index (χ1v) is 7.32. The van der Waals surface area contributed by atoms with Crippen LogP contribution >= 0.6 is 0 Å². The number of halogens is 2. The SMILES string of the molecule is CCNCC(Cc1cc(F)ccc1C)c1ccccc1F. The molecule has 0 fully saturated rings. The maximum absolute atomic E-state index is 14.0. The van der Waals surface area contributed by atoms with Crippen LogP contribution in [0.3, 0.4) is 0 Å². The third-order valence-corrected chi connectivity index (χ3v) is 3.76. The molecule has 0 aliphatic carbocycles. The molecule has 0 heterocycles. The molecular weight excluding hydrogens is 268 g/mol. The number of nitrogens with one attached hydrogen (secondary N) is 1. The van der Waals surface area contributed by atoms with Gasteiger partial charge in [-0.05, 0) is 54.8 Å². The average Bonchev–Trinajstić information content (AvgIpc) is 2.48. The van der Waals surface area contributed by atoms with E-state index < -0.39 is 0 Å². The maximum atomic E-state index is 14.0. The molecule has 0 aliphatic heterocycles. The third-order valence-electron chi connectivity index (χ3n) is 3.76. The van der Waals surface area contributed by atoms with Crippen molar-refractivity contribution in [2.45, 2.75) is 26.2 Å². The smallest absolute Gasteiger partial charge is 0.126 e. The van der Waals surface area contributed by atoms with Crippen LogP contribution < -0.4 is 5.32 Å². The van der Waals surface area contributed by atoms with E-state index in [0.29, 0.717) is 18.5 Å². The van der Waals surface area contributed by atoms with E-state index in [9.17, 15) is 8.78 Å². The van der Waals surface area contributed by atoms with Crippen molar-refractivity contribution in [3.05, 3.63) is 70.8 Å². The van der Waals surface area contributed by atoms with Gasteiger partial charge in [-0.2, -0.15) is 0 Å². The fraction of sp³-hybridized carbons (Fsp3) is 0.333. The summed E-state index contributed by atoms with van der Waals surface area (Å²) in [6.07, 6.45) is 0.623. The summed E-state index contributed by atoms with van der Waals surface area (Å²) in [6.45, 7) is 5.48. The Morgan fingerprint density at radius 2 is 1.86 bits per heavy atom. The molecule has 3 heteroatoms. The van der Waals surface area contributed by atoms with E-state index in [-0.39, 0.29) is 17.6 Å². The quantitative estimate of drug-likeness (QED) is 0.840. The third kappa shape index (κ3) is 4.11. The van der Waals surface area contributed by atoms with Crippen molar-refractivity contribution in [1.82, 2.24) is 5.32 Å². The summed E-state index contributed by atoms with van der Waals surface area (Å²) in [6, 6.07) is 11.6. The molecule has 112 valence electrons. The molecule has 1 nitrogen and oxygen atoms in total. The largest absolute Gasteiger partial charge is 0.316 e. The molecule has 0 saturated carbocycles. The van der Waals surface area contributed by atoms with Crippen LogP contribution in [0, 0.1) is 18.6 Å². The van der Waals surface area contributed by atoms with Crippen LogP contribution in [0.15, 0.2) is 42.5 Å². The summed E-state index contributed by atoms with van der Waals surface area (Å²) >= 11 is 0. The summed E-state index contributed by atoms with van der Waals surface area (Å²) in [4.78, 5) is 0. The lowest BCUT2D eigenvalue weighted by Crippen LogP contribution is -2.23. The van der Waals surface area contributed by atoms with E-state index in [1.165, 1.54) is 12.1 Å². The highest BCUT2D eigenvalue weighted by molar-refractivity contribution is 5.31. The van der Waals surface area contributed by atoms with Crippen LogP contribution in [0.25, 0.3) is 0 Å². The van der Waals surface area contributed by atoms with Gasteiger partial charge in [-0.15, -0.1) is 0 Å². The van der Waals surface area contributed by atoms with Gasteiger partial charge in [-0.25, -0.2) is 8.78 Å². The monoisotopic (exact) mass is 289 g/mol. The van der Waals surface area contributed by atoms with Gasteiger partial charge in [-0.1, -0.05) is 31.2 Å². The van der Waals surface area contributed by atoms with Crippen LogP contribution in [0.2, 0.25) is 0 Å². The minimum absolute atomic E-state index is 0.00773. The van der Waals surface area contributed by atoms with Gasteiger partial charge < -0.3 is 5.32 Å². The molecule has 1 atom stereocenters.